The van der Waals surface area contributed by atoms with E-state index in [0.29, 0.717) is 22.1 Å². The van der Waals surface area contributed by atoms with Crippen LogP contribution in [0.15, 0.2) is 40.5 Å². The van der Waals surface area contributed by atoms with Crippen molar-refractivity contribution in [3.63, 3.8) is 0 Å². The third-order valence-corrected chi connectivity index (χ3v) is 3.74. The minimum Gasteiger partial charge on any atom is -0.339 e. The van der Waals surface area contributed by atoms with Crippen molar-refractivity contribution in [1.82, 2.24) is 19.9 Å². The van der Waals surface area contributed by atoms with Crippen LogP contribution in [0.2, 0.25) is 0 Å². The largest absolute Gasteiger partial charge is 0.339 e. The average Bonchev–Trinajstić information content (AvgIpc) is 2.94. The average molecular weight is 303 g/mol. The van der Waals surface area contributed by atoms with Gasteiger partial charge in [-0.05, 0) is 5.56 Å². The van der Waals surface area contributed by atoms with Crippen LogP contribution in [0.25, 0.3) is 11.2 Å². The van der Waals surface area contributed by atoms with Crippen LogP contribution in [-0.2, 0) is 5.75 Å². The predicted octanol–water partition coefficient (Wildman–Crippen LogP) is 1.85. The first kappa shape index (κ1) is 13.3. The number of fused-ring (bicyclic) bond motifs is 1. The number of benzene rings is 1. The molecule has 0 saturated carbocycles. The normalized spacial score (nSPS) is 10.9. The van der Waals surface area contributed by atoms with E-state index in [9.17, 15) is 14.9 Å². The van der Waals surface area contributed by atoms with E-state index in [1.54, 1.807) is 12.1 Å². The molecule has 0 unspecified atom stereocenters. The summed E-state index contributed by atoms with van der Waals surface area (Å²) >= 11 is 1.33. The van der Waals surface area contributed by atoms with Gasteiger partial charge in [-0.2, -0.15) is 0 Å². The molecule has 0 aliphatic carbocycles. The Kier molecular flexibility index (Phi) is 3.40. The summed E-state index contributed by atoms with van der Waals surface area (Å²) in [5.41, 5.74) is 1.38. The monoisotopic (exact) mass is 303 g/mol. The SMILES string of the molecule is O=c1[nH]c(SCc2ccc([N+](=O)[O-])cc2)nc2nc[nH]c12. The van der Waals surface area contributed by atoms with Gasteiger partial charge >= 0.3 is 0 Å². The Bertz CT molecular complexity index is 855. The number of H-pyrrole nitrogens is 2. The van der Waals surface area contributed by atoms with Crippen molar-refractivity contribution >= 4 is 28.6 Å². The number of aromatic amines is 2. The van der Waals surface area contributed by atoms with Crippen LogP contribution in [0.1, 0.15) is 5.56 Å². The summed E-state index contributed by atoms with van der Waals surface area (Å²) < 4.78 is 0. The third-order valence-electron chi connectivity index (χ3n) is 2.80. The van der Waals surface area contributed by atoms with Crippen molar-refractivity contribution in [2.45, 2.75) is 10.9 Å². The Morgan fingerprint density at radius 3 is 2.76 bits per heavy atom. The molecular weight excluding hydrogens is 294 g/mol. The number of imidazole rings is 1. The summed E-state index contributed by atoms with van der Waals surface area (Å²) in [7, 11) is 0. The Hall–Kier alpha value is -2.68. The number of nitro benzene ring substituents is 1. The second-order valence-corrected chi connectivity index (χ2v) is 5.15. The van der Waals surface area contributed by atoms with E-state index in [2.05, 4.69) is 19.9 Å². The predicted molar refractivity (Wildman–Crippen MR) is 77.2 cm³/mol. The molecule has 8 nitrogen and oxygen atoms in total. The van der Waals surface area contributed by atoms with Gasteiger partial charge in [-0.1, -0.05) is 23.9 Å². The summed E-state index contributed by atoms with van der Waals surface area (Å²) in [6, 6.07) is 6.25. The maximum Gasteiger partial charge on any atom is 0.277 e. The summed E-state index contributed by atoms with van der Waals surface area (Å²) in [6.07, 6.45) is 1.41. The lowest BCUT2D eigenvalue weighted by Gasteiger charge is -2.01. The second kappa shape index (κ2) is 5.37. The van der Waals surface area contributed by atoms with E-state index in [4.69, 9.17) is 0 Å². The summed E-state index contributed by atoms with van der Waals surface area (Å²) in [6.45, 7) is 0. The van der Waals surface area contributed by atoms with Gasteiger partial charge in [0.15, 0.2) is 16.3 Å². The number of rotatable bonds is 4. The molecule has 9 heteroatoms. The number of nitrogens with one attached hydrogen (secondary N) is 2. The lowest BCUT2D eigenvalue weighted by atomic mass is 10.2. The lowest BCUT2D eigenvalue weighted by Crippen LogP contribution is -2.09. The van der Waals surface area contributed by atoms with E-state index in [1.807, 2.05) is 0 Å². The zero-order valence-electron chi connectivity index (χ0n) is 10.6. The molecule has 0 saturated heterocycles. The number of aromatic nitrogens is 4. The van der Waals surface area contributed by atoms with Gasteiger partial charge in [0.1, 0.15) is 0 Å². The van der Waals surface area contributed by atoms with E-state index < -0.39 is 4.92 Å². The van der Waals surface area contributed by atoms with Gasteiger partial charge < -0.3 is 4.98 Å². The molecule has 2 aromatic heterocycles. The fraction of sp³-hybridized carbons (Fsp3) is 0.0833. The number of non-ortho nitro benzene ring substituents is 1. The van der Waals surface area contributed by atoms with E-state index in [0.717, 1.165) is 5.56 Å². The van der Waals surface area contributed by atoms with Crippen LogP contribution in [0.3, 0.4) is 0 Å². The lowest BCUT2D eigenvalue weighted by molar-refractivity contribution is -0.384. The minimum atomic E-state index is -0.443. The Labute approximate surface area is 121 Å². The minimum absolute atomic E-state index is 0.0493. The molecule has 0 amide bonds. The maximum absolute atomic E-state index is 11.7. The number of thioether (sulfide) groups is 1. The Morgan fingerprint density at radius 2 is 2.05 bits per heavy atom. The van der Waals surface area contributed by atoms with Crippen molar-refractivity contribution in [1.29, 1.82) is 0 Å². The number of hydrogen-bond donors (Lipinski definition) is 2. The zero-order valence-corrected chi connectivity index (χ0v) is 11.4. The van der Waals surface area contributed by atoms with Gasteiger partial charge in [0.05, 0.1) is 11.3 Å². The van der Waals surface area contributed by atoms with Crippen molar-refractivity contribution in [2.24, 2.45) is 0 Å². The molecule has 0 radical (unpaired) electrons. The molecule has 1 aromatic carbocycles. The number of nitrogens with zero attached hydrogens (tertiary/aromatic N) is 3. The topological polar surface area (TPSA) is 118 Å². The summed E-state index contributed by atoms with van der Waals surface area (Å²) in [5, 5.41) is 11.0. The van der Waals surface area contributed by atoms with Crippen LogP contribution in [0.4, 0.5) is 5.69 Å². The van der Waals surface area contributed by atoms with Gasteiger partial charge in [-0.15, -0.1) is 0 Å². The van der Waals surface area contributed by atoms with Gasteiger partial charge in [-0.3, -0.25) is 19.9 Å². The van der Waals surface area contributed by atoms with Gasteiger partial charge in [0.2, 0.25) is 0 Å². The van der Waals surface area contributed by atoms with Gasteiger partial charge in [0, 0.05) is 17.9 Å². The maximum atomic E-state index is 11.7. The second-order valence-electron chi connectivity index (χ2n) is 4.18. The molecule has 21 heavy (non-hydrogen) atoms. The summed E-state index contributed by atoms with van der Waals surface area (Å²) in [4.78, 5) is 35.4. The number of nitro groups is 1. The highest BCUT2D eigenvalue weighted by Crippen LogP contribution is 2.21. The molecular formula is C12H9N5O3S. The first-order valence-corrected chi connectivity index (χ1v) is 6.91. The Morgan fingerprint density at radius 1 is 1.29 bits per heavy atom. The van der Waals surface area contributed by atoms with Crippen molar-refractivity contribution < 1.29 is 4.92 Å². The molecule has 2 heterocycles. The third kappa shape index (κ3) is 2.77. The van der Waals surface area contributed by atoms with Crippen LogP contribution in [0, 0.1) is 10.1 Å². The van der Waals surface area contributed by atoms with E-state index >= 15 is 0 Å². The molecule has 3 rings (SSSR count). The van der Waals surface area contributed by atoms with Crippen molar-refractivity contribution in [2.75, 3.05) is 0 Å². The molecule has 0 spiro atoms. The molecule has 0 atom stereocenters. The van der Waals surface area contributed by atoms with E-state index in [1.165, 1.54) is 30.2 Å². The highest BCUT2D eigenvalue weighted by atomic mass is 32.2. The zero-order chi connectivity index (χ0) is 14.8. The van der Waals surface area contributed by atoms with Crippen molar-refractivity contribution in [3.8, 4) is 0 Å². The Balaban J connectivity index is 1.76. The van der Waals surface area contributed by atoms with Crippen molar-refractivity contribution in [3.05, 3.63) is 56.6 Å². The highest BCUT2D eigenvalue weighted by Gasteiger charge is 2.08. The molecule has 0 aliphatic rings. The summed E-state index contributed by atoms with van der Waals surface area (Å²) in [5.74, 6) is 0.539. The molecule has 106 valence electrons. The molecule has 3 aromatic rings. The quantitative estimate of drug-likeness (QED) is 0.329. The molecule has 0 bridgehead atoms. The van der Waals surface area contributed by atoms with Crippen LogP contribution in [-0.4, -0.2) is 24.9 Å². The number of hydrogen-bond acceptors (Lipinski definition) is 6. The van der Waals surface area contributed by atoms with E-state index in [-0.39, 0.29) is 11.2 Å². The molecule has 0 fully saturated rings. The molecule has 0 aliphatic heterocycles. The first-order valence-electron chi connectivity index (χ1n) is 5.93. The van der Waals surface area contributed by atoms with Gasteiger partial charge in [-0.25, -0.2) is 9.97 Å². The highest BCUT2D eigenvalue weighted by molar-refractivity contribution is 7.98. The fourth-order valence-electron chi connectivity index (χ4n) is 1.76. The van der Waals surface area contributed by atoms with Gasteiger partial charge in [0.25, 0.3) is 11.2 Å². The van der Waals surface area contributed by atoms with Crippen LogP contribution in [0.5, 0.6) is 0 Å². The molecule has 2 N–H and O–H groups in total. The van der Waals surface area contributed by atoms with Crippen LogP contribution < -0.4 is 5.56 Å². The fourth-order valence-corrected chi connectivity index (χ4v) is 2.57. The first-order chi connectivity index (χ1) is 10.1. The van der Waals surface area contributed by atoms with Crippen LogP contribution >= 0.6 is 11.8 Å². The smallest absolute Gasteiger partial charge is 0.277 e. The standard InChI is InChI=1S/C12H9N5O3S/c18-11-9-10(14-6-13-9)15-12(16-11)21-5-7-1-3-8(4-2-7)17(19)20/h1-4,6H,5H2,(H2,13,14,15,16,18).